The number of amides is 1. The molecule has 0 fully saturated rings. The van der Waals surface area contributed by atoms with E-state index in [0.29, 0.717) is 59.1 Å². The Morgan fingerprint density at radius 3 is 2.65 bits per heavy atom. The molecule has 11 nitrogen and oxygen atoms in total. The third-order valence-electron chi connectivity index (χ3n) is 9.40. The molecule has 0 spiro atoms. The first-order chi connectivity index (χ1) is 20.7. The molecular formula is C32H38N8O3. The van der Waals surface area contributed by atoms with Crippen LogP contribution in [0.4, 0.5) is 17.3 Å². The number of fused-ring (bicyclic) bond motifs is 4. The molecule has 2 N–H and O–H groups in total. The number of nitrogens with one attached hydrogen (secondary N) is 1. The van der Waals surface area contributed by atoms with Crippen molar-refractivity contribution in [1.82, 2.24) is 28.8 Å². The third kappa shape index (κ3) is 4.58. The first kappa shape index (κ1) is 27.6. The van der Waals surface area contributed by atoms with Crippen molar-refractivity contribution >= 4 is 23.2 Å². The first-order valence-corrected chi connectivity index (χ1v) is 15.1. The minimum atomic E-state index is -0.305. The number of hydrogen-bond donors (Lipinski definition) is 2. The van der Waals surface area contributed by atoms with E-state index in [9.17, 15) is 14.7 Å². The molecule has 0 saturated carbocycles. The van der Waals surface area contributed by atoms with E-state index in [1.54, 1.807) is 30.4 Å². The van der Waals surface area contributed by atoms with Gasteiger partial charge < -0.3 is 19.6 Å². The van der Waals surface area contributed by atoms with E-state index in [4.69, 9.17) is 0 Å². The van der Waals surface area contributed by atoms with Crippen LogP contribution in [0.3, 0.4) is 0 Å². The summed E-state index contributed by atoms with van der Waals surface area (Å²) in [5.41, 5.74) is 6.54. The van der Waals surface area contributed by atoms with Crippen molar-refractivity contribution in [2.24, 2.45) is 7.05 Å². The number of aryl methyl sites for hydroxylation is 1. The van der Waals surface area contributed by atoms with Crippen LogP contribution in [-0.4, -0.2) is 59.9 Å². The van der Waals surface area contributed by atoms with Crippen molar-refractivity contribution in [2.45, 2.75) is 64.8 Å². The van der Waals surface area contributed by atoms with E-state index < -0.39 is 0 Å². The topological polar surface area (TPSA) is 113 Å². The molecule has 7 rings (SSSR count). The number of anilines is 3. The number of carbonyl (C=O) groups excluding carboxylic acids is 1. The van der Waals surface area contributed by atoms with Gasteiger partial charge in [0.05, 0.1) is 18.8 Å². The number of hydrogen-bond acceptors (Lipinski definition) is 7. The van der Waals surface area contributed by atoms with Gasteiger partial charge in [0, 0.05) is 68.5 Å². The largest absolute Gasteiger partial charge is 0.392 e. The molecule has 224 valence electrons. The summed E-state index contributed by atoms with van der Waals surface area (Å²) in [6, 6.07) is 7.65. The number of aliphatic hydroxyl groups excluding tert-OH is 1. The minimum Gasteiger partial charge on any atom is -0.392 e. The van der Waals surface area contributed by atoms with Crippen LogP contribution in [0.5, 0.6) is 0 Å². The monoisotopic (exact) mass is 582 g/mol. The molecule has 0 unspecified atom stereocenters. The molecule has 2 atom stereocenters. The smallest absolute Gasteiger partial charge is 0.276 e. The molecule has 43 heavy (non-hydrogen) atoms. The van der Waals surface area contributed by atoms with Crippen molar-refractivity contribution in [3.8, 4) is 11.1 Å². The maximum atomic E-state index is 13.9. The number of aromatic nitrogens is 5. The highest BCUT2D eigenvalue weighted by Gasteiger charge is 2.35. The van der Waals surface area contributed by atoms with Gasteiger partial charge in [0.15, 0.2) is 5.82 Å². The second-order valence-electron chi connectivity index (χ2n) is 12.3. The fourth-order valence-corrected chi connectivity index (χ4v) is 7.07. The molecule has 0 radical (unpaired) electrons. The number of rotatable bonds is 5. The van der Waals surface area contributed by atoms with Gasteiger partial charge in [-0.2, -0.15) is 5.10 Å². The highest BCUT2D eigenvalue weighted by atomic mass is 16.3. The van der Waals surface area contributed by atoms with Crippen LogP contribution >= 0.6 is 0 Å². The van der Waals surface area contributed by atoms with Gasteiger partial charge in [-0.05, 0) is 61.1 Å². The van der Waals surface area contributed by atoms with Gasteiger partial charge >= 0.3 is 0 Å². The second-order valence-corrected chi connectivity index (χ2v) is 12.3. The number of pyridine rings is 2. The number of aliphatic hydroxyl groups is 1. The molecule has 11 heteroatoms. The van der Waals surface area contributed by atoms with Gasteiger partial charge in [-0.25, -0.2) is 4.98 Å². The summed E-state index contributed by atoms with van der Waals surface area (Å²) in [6.07, 6.45) is 5.67. The van der Waals surface area contributed by atoms with Crippen molar-refractivity contribution in [3.05, 3.63) is 75.2 Å². The Hall–Kier alpha value is -4.22. The molecule has 3 aliphatic rings. The number of likely N-dealkylation sites (N-methyl/N-ethyl adjacent to an activating group) is 1. The summed E-state index contributed by atoms with van der Waals surface area (Å²) in [5.74, 6) is 1.82. The van der Waals surface area contributed by atoms with Gasteiger partial charge in [0.2, 0.25) is 0 Å². The predicted octanol–water partition coefficient (Wildman–Crippen LogP) is 3.79. The van der Waals surface area contributed by atoms with Crippen LogP contribution in [-0.2, 0) is 33.3 Å². The first-order valence-electron chi connectivity index (χ1n) is 15.1. The van der Waals surface area contributed by atoms with Crippen LogP contribution in [0.25, 0.3) is 11.1 Å². The van der Waals surface area contributed by atoms with Crippen molar-refractivity contribution in [2.75, 3.05) is 30.4 Å². The lowest BCUT2D eigenvalue weighted by Gasteiger charge is -2.32. The summed E-state index contributed by atoms with van der Waals surface area (Å²) in [7, 11) is 3.78. The molecular weight excluding hydrogens is 544 g/mol. The Kier molecular flexibility index (Phi) is 6.74. The van der Waals surface area contributed by atoms with Crippen LogP contribution < -0.4 is 15.8 Å². The van der Waals surface area contributed by atoms with Crippen molar-refractivity contribution in [1.29, 1.82) is 0 Å². The normalized spacial score (nSPS) is 20.1. The zero-order chi connectivity index (χ0) is 30.0. The van der Waals surface area contributed by atoms with Crippen LogP contribution in [0.2, 0.25) is 0 Å². The SMILES string of the molecule is C[C@@H]1CC[C@H](C)c2c1cc1n2CCN(c2nccc(-c3cc(Nc4cc5n(n4)CCN(C)C5)c(=O)n(C)c3)c2CO)C1=O. The van der Waals surface area contributed by atoms with E-state index in [0.717, 1.165) is 43.7 Å². The van der Waals surface area contributed by atoms with Crippen molar-refractivity contribution in [3.63, 3.8) is 0 Å². The molecule has 4 aromatic heterocycles. The summed E-state index contributed by atoms with van der Waals surface area (Å²) in [4.78, 5) is 35.6. The van der Waals surface area contributed by atoms with Crippen LogP contribution in [0.1, 0.15) is 71.5 Å². The van der Waals surface area contributed by atoms with E-state index in [2.05, 4.69) is 51.8 Å². The fourth-order valence-electron chi connectivity index (χ4n) is 7.07. The molecule has 0 bridgehead atoms. The van der Waals surface area contributed by atoms with Gasteiger partial charge in [0.1, 0.15) is 17.2 Å². The Morgan fingerprint density at radius 2 is 1.84 bits per heavy atom. The summed E-state index contributed by atoms with van der Waals surface area (Å²) < 4.78 is 5.70. The second kappa shape index (κ2) is 10.5. The quantitative estimate of drug-likeness (QED) is 0.368. The Bertz CT molecular complexity index is 1800. The van der Waals surface area contributed by atoms with Gasteiger partial charge in [-0.3, -0.25) is 24.1 Å². The lowest BCUT2D eigenvalue weighted by molar-refractivity contribution is 0.0963. The van der Waals surface area contributed by atoms with E-state index >= 15 is 0 Å². The van der Waals surface area contributed by atoms with Crippen LogP contribution in [0, 0.1) is 0 Å². The Labute approximate surface area is 250 Å². The molecule has 4 aromatic rings. The number of carbonyl (C=O) groups is 1. The average Bonchev–Trinajstić information content (AvgIpc) is 3.59. The maximum Gasteiger partial charge on any atom is 0.276 e. The molecule has 0 saturated heterocycles. The molecule has 1 amide bonds. The predicted molar refractivity (Wildman–Crippen MR) is 165 cm³/mol. The highest BCUT2D eigenvalue weighted by molar-refractivity contribution is 6.06. The van der Waals surface area contributed by atoms with Gasteiger partial charge in [-0.15, -0.1) is 0 Å². The molecule has 0 aromatic carbocycles. The van der Waals surface area contributed by atoms with E-state index in [1.807, 2.05) is 16.8 Å². The Morgan fingerprint density at radius 1 is 1.02 bits per heavy atom. The maximum absolute atomic E-state index is 13.9. The summed E-state index contributed by atoms with van der Waals surface area (Å²) in [6.45, 7) is 7.86. The van der Waals surface area contributed by atoms with Gasteiger partial charge in [-0.1, -0.05) is 13.8 Å². The van der Waals surface area contributed by atoms with E-state index in [-0.39, 0.29) is 18.1 Å². The highest BCUT2D eigenvalue weighted by Crippen LogP contribution is 2.42. The average molecular weight is 583 g/mol. The molecule has 1 aliphatic carbocycles. The summed E-state index contributed by atoms with van der Waals surface area (Å²) in [5, 5.41) is 18.5. The van der Waals surface area contributed by atoms with Gasteiger partial charge in [0.25, 0.3) is 11.5 Å². The Balaban J connectivity index is 1.24. The zero-order valence-corrected chi connectivity index (χ0v) is 25.2. The standard InChI is InChI=1S/C32H38N8O3/c1-19-5-6-20(2)29-24(19)15-27-32(43)39(11-10-38(27)29)30-25(18-41)23(7-8-33-30)21-13-26(31(42)37(4)16-21)34-28-14-22-17-36(3)9-12-40(22)35-28/h7-8,13-16,19-20,41H,5-6,9-12,17-18H2,1-4H3,(H,34,35)/t19-,20+/m1/s1. The lowest BCUT2D eigenvalue weighted by atomic mass is 9.82. The zero-order valence-electron chi connectivity index (χ0n) is 25.2. The van der Waals surface area contributed by atoms with Crippen LogP contribution in [0.15, 0.2) is 41.5 Å². The minimum absolute atomic E-state index is 0.100. The lowest BCUT2D eigenvalue weighted by Crippen LogP contribution is -2.41. The third-order valence-corrected chi connectivity index (χ3v) is 9.40. The van der Waals surface area contributed by atoms with E-state index in [1.165, 1.54) is 15.8 Å². The molecule has 2 aliphatic heterocycles. The number of nitrogens with zero attached hydrogens (tertiary/aromatic N) is 7. The summed E-state index contributed by atoms with van der Waals surface area (Å²) >= 11 is 0. The van der Waals surface area contributed by atoms with Crippen molar-refractivity contribution < 1.29 is 9.90 Å². The fraction of sp³-hybridized carbons (Fsp3) is 0.438. The molecule has 6 heterocycles.